The van der Waals surface area contributed by atoms with Gasteiger partial charge in [0, 0.05) is 24.0 Å². The molecule has 1 amide bonds. The van der Waals surface area contributed by atoms with Crippen molar-refractivity contribution in [2.75, 3.05) is 25.1 Å². The van der Waals surface area contributed by atoms with Gasteiger partial charge in [0.05, 0.1) is 31.9 Å². The molecule has 0 spiro atoms. The lowest BCUT2D eigenvalue weighted by Gasteiger charge is -2.14. The van der Waals surface area contributed by atoms with Gasteiger partial charge >= 0.3 is 0 Å². The molecular formula is C19H19NO4. The molecule has 4 rings (SSSR count). The Morgan fingerprint density at radius 1 is 1.12 bits per heavy atom. The summed E-state index contributed by atoms with van der Waals surface area (Å²) in [5, 5.41) is 3.00. The molecule has 0 bridgehead atoms. The predicted molar refractivity (Wildman–Crippen MR) is 90.0 cm³/mol. The van der Waals surface area contributed by atoms with E-state index in [1.807, 2.05) is 36.4 Å². The number of fused-ring (bicyclic) bond motifs is 2. The van der Waals surface area contributed by atoms with E-state index in [0.29, 0.717) is 19.8 Å². The van der Waals surface area contributed by atoms with Gasteiger partial charge in [-0.3, -0.25) is 4.79 Å². The van der Waals surface area contributed by atoms with Crippen molar-refractivity contribution >= 4 is 11.6 Å². The van der Waals surface area contributed by atoms with Crippen LogP contribution in [0.3, 0.4) is 0 Å². The van der Waals surface area contributed by atoms with E-state index < -0.39 is 0 Å². The monoisotopic (exact) mass is 325 g/mol. The van der Waals surface area contributed by atoms with Crippen LogP contribution < -0.4 is 19.5 Å². The summed E-state index contributed by atoms with van der Waals surface area (Å²) in [6, 6.07) is 11.5. The van der Waals surface area contributed by atoms with E-state index in [9.17, 15) is 4.79 Å². The molecule has 0 radical (unpaired) electrons. The number of carbonyl (C=O) groups is 1. The fourth-order valence-corrected chi connectivity index (χ4v) is 3.10. The molecule has 0 aliphatic carbocycles. The molecular weight excluding hydrogens is 306 g/mol. The fourth-order valence-electron chi connectivity index (χ4n) is 3.10. The minimum Gasteiger partial charge on any atom is -0.493 e. The molecule has 24 heavy (non-hydrogen) atoms. The fraction of sp³-hybridized carbons (Fsp3) is 0.316. The van der Waals surface area contributed by atoms with E-state index in [1.54, 1.807) is 0 Å². The Morgan fingerprint density at radius 3 is 2.83 bits per heavy atom. The van der Waals surface area contributed by atoms with Gasteiger partial charge in [0.15, 0.2) is 0 Å². The first-order valence-electron chi connectivity index (χ1n) is 8.23. The Labute approximate surface area is 140 Å². The molecule has 2 aliphatic heterocycles. The zero-order valence-electron chi connectivity index (χ0n) is 13.3. The highest BCUT2D eigenvalue weighted by Gasteiger charge is 2.27. The van der Waals surface area contributed by atoms with Crippen molar-refractivity contribution in [1.82, 2.24) is 0 Å². The van der Waals surface area contributed by atoms with Crippen LogP contribution in [0.1, 0.15) is 17.5 Å². The maximum atomic E-state index is 12.3. The number of para-hydroxylation sites is 1. The molecule has 2 aromatic rings. The van der Waals surface area contributed by atoms with Crippen LogP contribution in [0.5, 0.6) is 17.2 Å². The third-order valence-electron chi connectivity index (χ3n) is 4.26. The zero-order chi connectivity index (χ0) is 16.4. The smallest absolute Gasteiger partial charge is 0.227 e. The lowest BCUT2D eigenvalue weighted by molar-refractivity contribution is -0.116. The van der Waals surface area contributed by atoms with Crippen LogP contribution in [0.4, 0.5) is 5.69 Å². The summed E-state index contributed by atoms with van der Waals surface area (Å²) in [6.45, 7) is 1.64. The third-order valence-corrected chi connectivity index (χ3v) is 4.26. The Balaban J connectivity index is 1.43. The topological polar surface area (TPSA) is 56.8 Å². The summed E-state index contributed by atoms with van der Waals surface area (Å²) >= 11 is 0. The summed E-state index contributed by atoms with van der Waals surface area (Å²) in [5.41, 5.74) is 2.92. The molecule has 0 unspecified atom stereocenters. The van der Waals surface area contributed by atoms with Gasteiger partial charge in [-0.15, -0.1) is 0 Å². The molecule has 0 saturated carbocycles. The van der Waals surface area contributed by atoms with Gasteiger partial charge < -0.3 is 19.5 Å². The van der Waals surface area contributed by atoms with Gasteiger partial charge in [-0.1, -0.05) is 18.2 Å². The van der Waals surface area contributed by atoms with E-state index in [0.717, 1.165) is 46.9 Å². The molecule has 124 valence electrons. The summed E-state index contributed by atoms with van der Waals surface area (Å²) < 4.78 is 17.0. The van der Waals surface area contributed by atoms with E-state index >= 15 is 0 Å². The van der Waals surface area contributed by atoms with Crippen molar-refractivity contribution in [2.45, 2.75) is 19.3 Å². The second-order valence-electron chi connectivity index (χ2n) is 5.87. The van der Waals surface area contributed by atoms with Crippen LogP contribution in [0.15, 0.2) is 36.4 Å². The van der Waals surface area contributed by atoms with Crippen LogP contribution in [-0.4, -0.2) is 25.7 Å². The number of hydrogen-bond donors (Lipinski definition) is 1. The minimum atomic E-state index is -0.0797. The molecule has 0 fully saturated rings. The molecule has 2 aliphatic rings. The molecule has 2 heterocycles. The maximum absolute atomic E-state index is 12.3. The van der Waals surface area contributed by atoms with Gasteiger partial charge in [0.25, 0.3) is 0 Å². The van der Waals surface area contributed by atoms with Crippen molar-refractivity contribution in [1.29, 1.82) is 0 Å². The number of nitrogens with one attached hydrogen (secondary N) is 1. The van der Waals surface area contributed by atoms with Crippen molar-refractivity contribution in [3.05, 3.63) is 47.5 Å². The summed E-state index contributed by atoms with van der Waals surface area (Å²) in [7, 11) is 0. The first kappa shape index (κ1) is 14.9. The molecule has 1 N–H and O–H groups in total. The number of anilines is 1. The van der Waals surface area contributed by atoms with Gasteiger partial charge in [-0.2, -0.15) is 0 Å². The Kier molecular flexibility index (Phi) is 3.99. The van der Waals surface area contributed by atoms with Crippen molar-refractivity contribution in [3.63, 3.8) is 0 Å². The maximum Gasteiger partial charge on any atom is 0.227 e. The molecule has 0 atom stereocenters. The van der Waals surface area contributed by atoms with Crippen LogP contribution in [-0.2, 0) is 17.6 Å². The lowest BCUT2D eigenvalue weighted by Crippen LogP contribution is -2.16. The predicted octanol–water partition coefficient (Wildman–Crippen LogP) is 2.96. The average molecular weight is 325 g/mol. The van der Waals surface area contributed by atoms with E-state index in [-0.39, 0.29) is 12.3 Å². The molecule has 0 aromatic heterocycles. The second-order valence-corrected chi connectivity index (χ2v) is 5.87. The second kappa shape index (κ2) is 6.43. The van der Waals surface area contributed by atoms with Crippen LogP contribution >= 0.6 is 0 Å². The van der Waals surface area contributed by atoms with Crippen molar-refractivity contribution < 1.29 is 19.0 Å². The van der Waals surface area contributed by atoms with E-state index in [2.05, 4.69) is 5.32 Å². The third kappa shape index (κ3) is 2.89. The summed E-state index contributed by atoms with van der Waals surface area (Å²) in [6.07, 6.45) is 1.93. The highest BCUT2D eigenvalue weighted by molar-refractivity contribution is 5.94. The number of rotatable bonds is 5. The molecule has 0 saturated heterocycles. The van der Waals surface area contributed by atoms with Gasteiger partial charge in [-0.05, 0) is 18.2 Å². The van der Waals surface area contributed by atoms with Gasteiger partial charge in [-0.25, -0.2) is 0 Å². The first-order chi connectivity index (χ1) is 11.8. The molecule has 2 aromatic carbocycles. The van der Waals surface area contributed by atoms with Crippen molar-refractivity contribution in [2.24, 2.45) is 0 Å². The average Bonchev–Trinajstić information content (AvgIpc) is 3.24. The van der Waals surface area contributed by atoms with E-state index in [1.165, 1.54) is 0 Å². The van der Waals surface area contributed by atoms with Gasteiger partial charge in [0.2, 0.25) is 5.91 Å². The highest BCUT2D eigenvalue weighted by Crippen LogP contribution is 2.44. The van der Waals surface area contributed by atoms with Crippen LogP contribution in [0.2, 0.25) is 0 Å². The number of hydrogen-bond acceptors (Lipinski definition) is 4. The van der Waals surface area contributed by atoms with Gasteiger partial charge in [0.1, 0.15) is 17.2 Å². The first-order valence-corrected chi connectivity index (χ1v) is 8.23. The summed E-state index contributed by atoms with van der Waals surface area (Å²) in [5.74, 6) is 2.36. The Hall–Kier alpha value is -2.69. The van der Waals surface area contributed by atoms with Crippen molar-refractivity contribution in [3.8, 4) is 17.2 Å². The highest BCUT2D eigenvalue weighted by atomic mass is 16.5. The Bertz CT molecular complexity index is 725. The molecule has 5 nitrogen and oxygen atoms in total. The number of ether oxygens (including phenoxy) is 3. The largest absolute Gasteiger partial charge is 0.493 e. The normalized spacial score (nSPS) is 14.3. The zero-order valence-corrected chi connectivity index (χ0v) is 13.3. The number of carbonyl (C=O) groups excluding carboxylic acids is 1. The van der Waals surface area contributed by atoms with Crippen LogP contribution in [0.25, 0.3) is 0 Å². The standard InChI is InChI=1S/C19H19NO4/c21-17(8-11-22-14-4-2-1-3-5-14)20-18-15-7-10-23-16(15)12-13-6-9-24-19(13)18/h1-5,12H,6-11H2,(H,20,21). The SMILES string of the molecule is O=C(CCOc1ccccc1)Nc1c2c(cc3c1OCC3)OCC2. The summed E-state index contributed by atoms with van der Waals surface area (Å²) in [4.78, 5) is 12.3. The number of benzene rings is 2. The minimum absolute atomic E-state index is 0.0797. The molecule has 5 heteroatoms. The van der Waals surface area contributed by atoms with Crippen LogP contribution in [0, 0.1) is 0 Å². The quantitative estimate of drug-likeness (QED) is 0.918. The lowest BCUT2D eigenvalue weighted by atomic mass is 10.0. The van der Waals surface area contributed by atoms with E-state index in [4.69, 9.17) is 14.2 Å². The Morgan fingerprint density at radius 2 is 1.96 bits per heavy atom. The number of amides is 1.